The molecule has 142 valence electrons. The fraction of sp³-hybridized carbons (Fsp3) is 0.0500. The Morgan fingerprint density at radius 2 is 1.71 bits per heavy atom. The first-order valence-electron chi connectivity index (χ1n) is 8.36. The molecule has 0 saturated heterocycles. The van der Waals surface area contributed by atoms with Crippen LogP contribution in [0, 0.1) is 5.82 Å². The van der Waals surface area contributed by atoms with Gasteiger partial charge in [0.15, 0.2) is 6.61 Å². The lowest BCUT2D eigenvalue weighted by atomic mass is 10.0. The third-order valence-corrected chi connectivity index (χ3v) is 5.58. The molecule has 1 amide bonds. The molecule has 0 fully saturated rings. The monoisotopic (exact) mass is 398 g/mol. The van der Waals surface area contributed by atoms with Gasteiger partial charge in [0.25, 0.3) is 15.9 Å². The van der Waals surface area contributed by atoms with Crippen LogP contribution < -0.4 is 14.8 Å². The van der Waals surface area contributed by atoms with Crippen molar-refractivity contribution in [3.63, 3.8) is 0 Å². The molecule has 0 aromatic heterocycles. The minimum atomic E-state index is -3.84. The van der Waals surface area contributed by atoms with E-state index in [4.69, 9.17) is 4.74 Å². The maximum Gasteiger partial charge on any atom is 0.262 e. The van der Waals surface area contributed by atoms with E-state index in [9.17, 15) is 17.6 Å². The largest absolute Gasteiger partial charge is 0.482 e. The number of nitrogens with one attached hydrogen (secondary N) is 2. The van der Waals surface area contributed by atoms with Gasteiger partial charge in [0.1, 0.15) is 11.6 Å². The molecule has 0 radical (unpaired) electrons. The molecule has 3 aromatic rings. The van der Waals surface area contributed by atoms with Crippen molar-refractivity contribution in [2.75, 3.05) is 16.6 Å². The number of rotatable bonds is 4. The van der Waals surface area contributed by atoms with E-state index in [0.717, 1.165) is 23.3 Å². The van der Waals surface area contributed by atoms with Gasteiger partial charge in [-0.1, -0.05) is 18.2 Å². The zero-order valence-electron chi connectivity index (χ0n) is 14.5. The highest BCUT2D eigenvalue weighted by atomic mass is 32.2. The summed E-state index contributed by atoms with van der Waals surface area (Å²) < 4.78 is 45.8. The zero-order chi connectivity index (χ0) is 19.7. The number of carbonyl (C=O) groups excluding carboxylic acids is 1. The summed E-state index contributed by atoms with van der Waals surface area (Å²) in [5.74, 6) is -0.161. The van der Waals surface area contributed by atoms with Crippen molar-refractivity contribution in [1.82, 2.24) is 0 Å². The molecule has 1 aliphatic rings. The summed E-state index contributed by atoms with van der Waals surface area (Å²) >= 11 is 0. The summed E-state index contributed by atoms with van der Waals surface area (Å²) in [5.41, 5.74) is 2.46. The van der Waals surface area contributed by atoms with Gasteiger partial charge in [0.2, 0.25) is 0 Å². The molecule has 0 atom stereocenters. The molecule has 0 aliphatic carbocycles. The Hall–Kier alpha value is -3.39. The number of halogens is 1. The van der Waals surface area contributed by atoms with Crippen LogP contribution in [0.4, 0.5) is 15.8 Å². The predicted molar refractivity (Wildman–Crippen MR) is 103 cm³/mol. The number of hydrogen-bond acceptors (Lipinski definition) is 4. The number of sulfonamides is 1. The molecule has 0 bridgehead atoms. The molecular weight excluding hydrogens is 383 g/mol. The van der Waals surface area contributed by atoms with E-state index in [-0.39, 0.29) is 17.4 Å². The first kappa shape index (κ1) is 18.0. The molecular formula is C20H15FN2O4S. The van der Waals surface area contributed by atoms with Crippen LogP contribution in [0.5, 0.6) is 5.75 Å². The molecule has 1 heterocycles. The first-order valence-corrected chi connectivity index (χ1v) is 9.84. The summed E-state index contributed by atoms with van der Waals surface area (Å²) in [6, 6.07) is 16.8. The molecule has 6 nitrogen and oxygen atoms in total. The van der Waals surface area contributed by atoms with Crippen molar-refractivity contribution in [3.8, 4) is 16.9 Å². The van der Waals surface area contributed by atoms with Gasteiger partial charge in [-0.15, -0.1) is 0 Å². The number of ether oxygens (including phenoxy) is 1. The second-order valence-corrected chi connectivity index (χ2v) is 7.87. The summed E-state index contributed by atoms with van der Waals surface area (Å²) in [7, 11) is -3.84. The van der Waals surface area contributed by atoms with Crippen molar-refractivity contribution in [3.05, 3.63) is 72.5 Å². The van der Waals surface area contributed by atoms with E-state index in [1.807, 2.05) is 12.1 Å². The summed E-state index contributed by atoms with van der Waals surface area (Å²) in [6.07, 6.45) is 0. The highest BCUT2D eigenvalue weighted by Crippen LogP contribution is 2.33. The van der Waals surface area contributed by atoms with E-state index in [1.165, 1.54) is 12.1 Å². The van der Waals surface area contributed by atoms with Crippen molar-refractivity contribution < 1.29 is 22.3 Å². The SMILES string of the molecule is O=C1COc2ccc(-c3cccc(NS(=O)(=O)c4ccc(F)cc4)c3)cc2N1. The Kier molecular flexibility index (Phi) is 4.48. The third kappa shape index (κ3) is 3.67. The van der Waals surface area contributed by atoms with Gasteiger partial charge in [-0.25, -0.2) is 12.8 Å². The van der Waals surface area contributed by atoms with Crippen molar-refractivity contribution in [2.24, 2.45) is 0 Å². The Labute approximate surface area is 161 Å². The lowest BCUT2D eigenvalue weighted by Crippen LogP contribution is -2.25. The smallest absolute Gasteiger partial charge is 0.262 e. The lowest BCUT2D eigenvalue weighted by molar-refractivity contribution is -0.118. The van der Waals surface area contributed by atoms with Crippen molar-refractivity contribution in [2.45, 2.75) is 4.90 Å². The number of carbonyl (C=O) groups is 1. The van der Waals surface area contributed by atoms with Crippen LogP contribution in [0.2, 0.25) is 0 Å². The number of hydrogen-bond donors (Lipinski definition) is 2. The Balaban J connectivity index is 1.62. The summed E-state index contributed by atoms with van der Waals surface area (Å²) in [5, 5.41) is 2.74. The molecule has 0 saturated carbocycles. The molecule has 1 aliphatic heterocycles. The van der Waals surface area contributed by atoms with Crippen LogP contribution in [0.3, 0.4) is 0 Å². The van der Waals surface area contributed by atoms with E-state index in [0.29, 0.717) is 17.1 Å². The topological polar surface area (TPSA) is 84.5 Å². The maximum atomic E-state index is 13.0. The van der Waals surface area contributed by atoms with E-state index in [1.54, 1.807) is 30.3 Å². The lowest BCUT2D eigenvalue weighted by Gasteiger charge is -2.18. The number of fused-ring (bicyclic) bond motifs is 1. The summed E-state index contributed by atoms with van der Waals surface area (Å²) in [4.78, 5) is 11.5. The van der Waals surface area contributed by atoms with E-state index >= 15 is 0 Å². The highest BCUT2D eigenvalue weighted by Gasteiger charge is 2.17. The Morgan fingerprint density at radius 1 is 0.964 bits per heavy atom. The van der Waals surface area contributed by atoms with Gasteiger partial charge in [-0.2, -0.15) is 0 Å². The van der Waals surface area contributed by atoms with Crippen LogP contribution >= 0.6 is 0 Å². The van der Waals surface area contributed by atoms with Gasteiger partial charge in [-0.05, 0) is 59.7 Å². The highest BCUT2D eigenvalue weighted by molar-refractivity contribution is 7.92. The normalized spacial score (nSPS) is 13.2. The van der Waals surface area contributed by atoms with Gasteiger partial charge in [0.05, 0.1) is 10.6 Å². The van der Waals surface area contributed by atoms with Crippen LogP contribution in [0.15, 0.2) is 71.6 Å². The minimum absolute atomic E-state index is 0.0208. The predicted octanol–water partition coefficient (Wildman–Crippen LogP) is 3.62. The van der Waals surface area contributed by atoms with Gasteiger partial charge < -0.3 is 10.1 Å². The van der Waals surface area contributed by atoms with Crippen molar-refractivity contribution >= 4 is 27.3 Å². The van der Waals surface area contributed by atoms with Crippen LogP contribution in [0.1, 0.15) is 0 Å². The van der Waals surface area contributed by atoms with Crippen LogP contribution in [-0.4, -0.2) is 20.9 Å². The fourth-order valence-corrected chi connectivity index (χ4v) is 3.90. The standard InChI is InChI=1S/C20H15FN2O4S/c21-15-5-7-17(8-6-15)28(25,26)23-16-3-1-2-13(10-16)14-4-9-19-18(11-14)22-20(24)12-27-19/h1-11,23H,12H2,(H,22,24). The molecule has 0 unspecified atom stereocenters. The summed E-state index contributed by atoms with van der Waals surface area (Å²) in [6.45, 7) is -0.0208. The quantitative estimate of drug-likeness (QED) is 0.703. The van der Waals surface area contributed by atoms with Crippen LogP contribution in [0.25, 0.3) is 11.1 Å². The third-order valence-electron chi connectivity index (χ3n) is 4.18. The molecule has 8 heteroatoms. The maximum absolute atomic E-state index is 13.0. The first-order chi connectivity index (χ1) is 13.4. The van der Waals surface area contributed by atoms with E-state index in [2.05, 4.69) is 10.0 Å². The number of benzene rings is 3. The second-order valence-electron chi connectivity index (χ2n) is 6.19. The van der Waals surface area contributed by atoms with Gasteiger partial charge >= 0.3 is 0 Å². The molecule has 3 aromatic carbocycles. The van der Waals surface area contributed by atoms with E-state index < -0.39 is 15.8 Å². The minimum Gasteiger partial charge on any atom is -0.482 e. The average molecular weight is 398 g/mol. The van der Waals surface area contributed by atoms with Gasteiger partial charge in [-0.3, -0.25) is 9.52 Å². The molecule has 2 N–H and O–H groups in total. The fourth-order valence-electron chi connectivity index (χ4n) is 2.85. The molecule has 0 spiro atoms. The second kappa shape index (κ2) is 6.97. The molecule has 4 rings (SSSR count). The average Bonchev–Trinajstić information content (AvgIpc) is 2.67. The van der Waals surface area contributed by atoms with Crippen LogP contribution in [-0.2, 0) is 14.8 Å². The number of amides is 1. The van der Waals surface area contributed by atoms with Gasteiger partial charge in [0, 0.05) is 5.69 Å². The number of anilines is 2. The Bertz CT molecular complexity index is 1160. The van der Waals surface area contributed by atoms with Crippen molar-refractivity contribution in [1.29, 1.82) is 0 Å². The molecule has 28 heavy (non-hydrogen) atoms. The Morgan fingerprint density at radius 3 is 2.50 bits per heavy atom. The zero-order valence-corrected chi connectivity index (χ0v) is 15.3.